The lowest BCUT2D eigenvalue weighted by Crippen LogP contribution is -2.65. The quantitative estimate of drug-likeness (QED) is 0.0379. The van der Waals surface area contributed by atoms with Gasteiger partial charge in [0, 0.05) is 28.4 Å². The Morgan fingerprint density at radius 2 is 1.58 bits per heavy atom. The monoisotopic (exact) mass is 658 g/mol. The van der Waals surface area contributed by atoms with Crippen molar-refractivity contribution < 1.29 is 24.2 Å². The molecule has 8 heteroatoms. The largest absolute Gasteiger partial charge is 0.457 e. The van der Waals surface area contributed by atoms with Crippen LogP contribution in [0.15, 0.2) is 139 Å². The smallest absolute Gasteiger partial charge is 0.355 e. The van der Waals surface area contributed by atoms with Gasteiger partial charge in [-0.2, -0.15) is 0 Å². The van der Waals surface area contributed by atoms with Crippen LogP contribution in [0.2, 0.25) is 0 Å². The molecule has 0 aliphatic carbocycles. The highest BCUT2D eigenvalue weighted by Crippen LogP contribution is 2.66. The number of aliphatic hydroxyl groups excluding tert-OH is 1. The average Bonchev–Trinajstić information content (AvgIpc) is 3.51. The third-order valence-corrected chi connectivity index (χ3v) is 12.1. The number of benzene rings is 4. The molecule has 0 saturated carbocycles. The first-order valence-corrected chi connectivity index (χ1v) is 17.7. The van der Waals surface area contributed by atoms with Crippen LogP contribution in [0.3, 0.4) is 0 Å². The minimum absolute atomic E-state index is 0.0582. The van der Waals surface area contributed by atoms with Gasteiger partial charge in [-0.15, -0.1) is 0 Å². The van der Waals surface area contributed by atoms with Crippen LogP contribution in [0.25, 0.3) is 0 Å². The lowest BCUT2D eigenvalue weighted by molar-refractivity contribution is -0.164. The highest BCUT2D eigenvalue weighted by atomic mass is 31.1. The van der Waals surface area contributed by atoms with E-state index >= 15 is 0 Å². The minimum atomic E-state index is -1.17. The molecule has 244 valence electrons. The SMILES string of the molecule is C=CCOC(=O)C(=C1P(c2ccccc2)CCC1(c1ccccc1)c1ccccc1)N1C(=O)[C@H]([C@@H](C)O)[C@H]1CC(=O)c1cccc(N)c1. The van der Waals surface area contributed by atoms with Gasteiger partial charge in [0.25, 0.3) is 0 Å². The van der Waals surface area contributed by atoms with Crippen LogP contribution >= 0.6 is 7.92 Å². The van der Waals surface area contributed by atoms with Crippen molar-refractivity contribution in [3.8, 4) is 0 Å². The van der Waals surface area contributed by atoms with Gasteiger partial charge >= 0.3 is 5.97 Å². The molecule has 0 aromatic heterocycles. The summed E-state index contributed by atoms with van der Waals surface area (Å²) in [5, 5.41) is 12.7. The number of nitrogen functional groups attached to an aromatic ring is 1. The summed E-state index contributed by atoms with van der Waals surface area (Å²) >= 11 is 0. The van der Waals surface area contributed by atoms with Crippen molar-refractivity contribution >= 4 is 36.6 Å². The van der Waals surface area contributed by atoms with E-state index in [2.05, 4.69) is 43.0 Å². The summed E-state index contributed by atoms with van der Waals surface area (Å²) in [6, 6.07) is 36.1. The number of ketones is 1. The Morgan fingerprint density at radius 1 is 0.979 bits per heavy atom. The van der Waals surface area contributed by atoms with Gasteiger partial charge in [-0.05, 0) is 56.0 Å². The molecule has 4 atom stereocenters. The molecule has 6 rings (SSSR count). The van der Waals surface area contributed by atoms with E-state index in [4.69, 9.17) is 10.5 Å². The molecule has 2 aliphatic heterocycles. The molecular formula is C40H39N2O5P. The molecule has 4 aromatic carbocycles. The highest BCUT2D eigenvalue weighted by molar-refractivity contribution is 7.70. The summed E-state index contributed by atoms with van der Waals surface area (Å²) in [6.45, 7) is 5.23. The number of anilines is 1. The van der Waals surface area contributed by atoms with E-state index in [9.17, 15) is 19.5 Å². The van der Waals surface area contributed by atoms with E-state index < -0.39 is 43.3 Å². The Hall–Kier alpha value is -4.84. The van der Waals surface area contributed by atoms with Gasteiger partial charge in [-0.1, -0.05) is 116 Å². The van der Waals surface area contributed by atoms with Gasteiger partial charge in [-0.25, -0.2) is 4.79 Å². The first-order valence-electron chi connectivity index (χ1n) is 16.1. The number of carbonyl (C=O) groups excluding carboxylic acids is 3. The minimum Gasteiger partial charge on any atom is -0.457 e. The molecule has 0 radical (unpaired) electrons. The van der Waals surface area contributed by atoms with E-state index in [0.29, 0.717) is 17.7 Å². The zero-order chi connectivity index (χ0) is 33.8. The second-order valence-corrected chi connectivity index (χ2v) is 14.5. The van der Waals surface area contributed by atoms with Crippen LogP contribution in [0, 0.1) is 5.92 Å². The van der Waals surface area contributed by atoms with E-state index in [1.54, 1.807) is 31.2 Å². The molecule has 7 nitrogen and oxygen atoms in total. The van der Waals surface area contributed by atoms with Crippen molar-refractivity contribution in [2.45, 2.75) is 37.3 Å². The summed E-state index contributed by atoms with van der Waals surface area (Å²) in [7, 11) is -1.17. The van der Waals surface area contributed by atoms with Crippen LogP contribution < -0.4 is 11.0 Å². The summed E-state index contributed by atoms with van der Waals surface area (Å²) in [5.41, 5.74) is 8.18. The standard InChI is InChI=1S/C40H39N2O5P/c1-3-23-47-39(46)36(42-33(35(27(2)43)38(42)45)26-34(44)28-14-13-19-31(41)25-28)37-40(29-15-7-4-8-16-29,30-17-9-5-10-18-30)22-24-48(37)32-20-11-6-12-21-32/h3-21,25,27,33,35,43H,1,22-24,26,41H2,2H3/t27-,33-,35-,48?/m1/s1. The Balaban J connectivity index is 1.63. The molecule has 48 heavy (non-hydrogen) atoms. The fourth-order valence-corrected chi connectivity index (χ4v) is 10.3. The summed E-state index contributed by atoms with van der Waals surface area (Å²) in [6.07, 6.45) is 1.78. The van der Waals surface area contributed by atoms with Crippen molar-refractivity contribution in [1.29, 1.82) is 0 Å². The van der Waals surface area contributed by atoms with Gasteiger partial charge < -0.3 is 20.5 Å². The molecule has 3 N–H and O–H groups in total. The molecule has 2 aliphatic rings. The second kappa shape index (κ2) is 14.1. The van der Waals surface area contributed by atoms with E-state index in [1.165, 1.54) is 11.0 Å². The molecule has 1 unspecified atom stereocenters. The summed E-state index contributed by atoms with van der Waals surface area (Å²) in [5.74, 6) is -2.21. The topological polar surface area (TPSA) is 110 Å². The van der Waals surface area contributed by atoms with Crippen molar-refractivity contribution in [1.82, 2.24) is 4.90 Å². The lowest BCUT2D eigenvalue weighted by atomic mass is 9.71. The Labute approximate surface area is 282 Å². The molecule has 2 heterocycles. The van der Waals surface area contributed by atoms with Crippen molar-refractivity contribution in [3.63, 3.8) is 0 Å². The summed E-state index contributed by atoms with van der Waals surface area (Å²) < 4.78 is 5.81. The zero-order valence-electron chi connectivity index (χ0n) is 26.9. The highest BCUT2D eigenvalue weighted by Gasteiger charge is 2.57. The number of aliphatic hydroxyl groups is 1. The number of carbonyl (C=O) groups is 3. The second-order valence-electron chi connectivity index (χ2n) is 12.3. The number of esters is 1. The number of nitrogens with two attached hydrogens (primary N) is 1. The number of nitrogens with zero attached hydrogens (tertiary/aromatic N) is 1. The Kier molecular flexibility index (Phi) is 9.72. The van der Waals surface area contributed by atoms with Crippen molar-refractivity contribution in [3.05, 3.63) is 156 Å². The fraction of sp³-hybridized carbons (Fsp3) is 0.225. The van der Waals surface area contributed by atoms with Gasteiger partial charge in [0.15, 0.2) is 5.78 Å². The van der Waals surface area contributed by atoms with Gasteiger partial charge in [0.1, 0.15) is 12.3 Å². The van der Waals surface area contributed by atoms with Gasteiger partial charge in [0.05, 0.1) is 18.1 Å². The fourth-order valence-electron chi connectivity index (χ4n) is 7.23. The normalized spacial score (nSPS) is 21.6. The number of hydrogen-bond donors (Lipinski definition) is 2. The first kappa shape index (κ1) is 33.1. The van der Waals surface area contributed by atoms with Crippen molar-refractivity contribution in [2.24, 2.45) is 5.92 Å². The molecule has 4 aromatic rings. The average molecular weight is 659 g/mol. The number of Topliss-reactive ketones (excluding diaryl/α,β-unsaturated/α-hetero) is 1. The zero-order valence-corrected chi connectivity index (χ0v) is 27.8. The van der Waals surface area contributed by atoms with Gasteiger partial charge in [0.2, 0.25) is 5.91 Å². The number of hydrogen-bond acceptors (Lipinski definition) is 6. The van der Waals surface area contributed by atoms with E-state index in [1.807, 2.05) is 54.6 Å². The summed E-state index contributed by atoms with van der Waals surface area (Å²) in [4.78, 5) is 44.0. The maximum Gasteiger partial charge on any atom is 0.355 e. The number of β-lactam (4-membered cyclic amide) rings is 1. The molecule has 2 saturated heterocycles. The third-order valence-electron chi connectivity index (χ3n) is 9.37. The number of allylic oxidation sites excluding steroid dienone is 1. The predicted molar refractivity (Wildman–Crippen MR) is 190 cm³/mol. The Morgan fingerprint density at radius 3 is 2.15 bits per heavy atom. The number of amides is 1. The van der Waals surface area contributed by atoms with E-state index in [0.717, 1.165) is 27.9 Å². The maximum absolute atomic E-state index is 14.5. The predicted octanol–water partition coefficient (Wildman–Crippen LogP) is 6.19. The number of likely N-dealkylation sites (tertiary alicyclic amines) is 1. The number of rotatable bonds is 11. The molecule has 1 amide bonds. The van der Waals surface area contributed by atoms with Gasteiger partial charge in [-0.3, -0.25) is 9.59 Å². The van der Waals surface area contributed by atoms with Crippen LogP contribution in [0.4, 0.5) is 5.69 Å². The Bertz CT molecular complexity index is 1800. The first-order chi connectivity index (χ1) is 23.3. The van der Waals surface area contributed by atoms with Crippen LogP contribution in [0.5, 0.6) is 0 Å². The lowest BCUT2D eigenvalue weighted by Gasteiger charge is -2.50. The number of ether oxygens (including phenoxy) is 1. The molecule has 0 spiro atoms. The van der Waals surface area contributed by atoms with Crippen LogP contribution in [-0.4, -0.2) is 52.6 Å². The maximum atomic E-state index is 14.5. The molecular weight excluding hydrogens is 619 g/mol. The van der Waals surface area contributed by atoms with Crippen LogP contribution in [0.1, 0.15) is 41.3 Å². The van der Waals surface area contributed by atoms with E-state index in [-0.39, 0.29) is 24.5 Å². The molecule has 0 bridgehead atoms. The van der Waals surface area contributed by atoms with Crippen molar-refractivity contribution in [2.75, 3.05) is 18.5 Å². The third kappa shape index (κ3) is 6.00. The van der Waals surface area contributed by atoms with Crippen LogP contribution in [-0.2, 0) is 19.7 Å². The molecule has 2 fully saturated rings.